The van der Waals surface area contributed by atoms with Crippen molar-refractivity contribution in [3.05, 3.63) is 46.5 Å². The number of nitro groups is 1. The second kappa shape index (κ2) is 6.01. The molecule has 0 radical (unpaired) electrons. The van der Waals surface area contributed by atoms with Crippen LogP contribution in [0.3, 0.4) is 0 Å². The van der Waals surface area contributed by atoms with Gasteiger partial charge >= 0.3 is 0 Å². The van der Waals surface area contributed by atoms with Gasteiger partial charge in [0.25, 0.3) is 5.69 Å². The molecule has 0 saturated heterocycles. The summed E-state index contributed by atoms with van der Waals surface area (Å²) in [5, 5.41) is 14.0. The highest BCUT2D eigenvalue weighted by Gasteiger charge is 2.12. The summed E-state index contributed by atoms with van der Waals surface area (Å²) in [6.45, 7) is 2.55. The van der Waals surface area contributed by atoms with Crippen LogP contribution in [0, 0.1) is 10.1 Å². The second-order valence-electron chi connectivity index (χ2n) is 4.12. The number of rotatable bonds is 5. The Bertz CT molecular complexity index is 629. The van der Waals surface area contributed by atoms with E-state index in [1.54, 1.807) is 13.2 Å². The summed E-state index contributed by atoms with van der Waals surface area (Å²) < 4.78 is 5.15. The number of aromatic nitrogens is 1. The van der Waals surface area contributed by atoms with Gasteiger partial charge in [0, 0.05) is 18.2 Å². The number of benzene rings is 1. The van der Waals surface area contributed by atoms with Gasteiger partial charge in [-0.15, -0.1) is 0 Å². The Labute approximate surface area is 116 Å². The van der Waals surface area contributed by atoms with E-state index in [1.807, 2.05) is 25.1 Å². The summed E-state index contributed by atoms with van der Waals surface area (Å²) in [5.74, 6) is 1.17. The topological polar surface area (TPSA) is 77.3 Å². The van der Waals surface area contributed by atoms with Crippen molar-refractivity contribution >= 4 is 11.5 Å². The van der Waals surface area contributed by atoms with Crippen molar-refractivity contribution in [2.75, 3.05) is 19.0 Å². The molecule has 20 heavy (non-hydrogen) atoms. The van der Waals surface area contributed by atoms with Crippen LogP contribution in [-0.2, 0) is 0 Å². The summed E-state index contributed by atoms with van der Waals surface area (Å²) in [6, 6.07) is 10.1. The average molecular weight is 273 g/mol. The maximum atomic E-state index is 11.0. The third-order valence-electron chi connectivity index (χ3n) is 2.74. The van der Waals surface area contributed by atoms with E-state index < -0.39 is 4.92 Å². The number of pyridine rings is 1. The van der Waals surface area contributed by atoms with Crippen LogP contribution in [0.15, 0.2) is 36.4 Å². The van der Waals surface area contributed by atoms with E-state index in [1.165, 1.54) is 12.1 Å². The molecular formula is C14H15N3O3. The van der Waals surface area contributed by atoms with Gasteiger partial charge in [0.05, 0.1) is 23.8 Å². The number of nitrogens with zero attached hydrogens (tertiary/aromatic N) is 2. The number of hydrogen-bond acceptors (Lipinski definition) is 5. The highest BCUT2D eigenvalue weighted by molar-refractivity contribution is 5.66. The first kappa shape index (κ1) is 13.8. The van der Waals surface area contributed by atoms with Crippen LogP contribution < -0.4 is 10.1 Å². The lowest BCUT2D eigenvalue weighted by Crippen LogP contribution is -2.01. The normalized spacial score (nSPS) is 10.1. The molecule has 104 valence electrons. The van der Waals surface area contributed by atoms with Gasteiger partial charge in [-0.25, -0.2) is 4.98 Å². The Kier molecular flexibility index (Phi) is 4.14. The highest BCUT2D eigenvalue weighted by atomic mass is 16.6. The molecule has 1 aromatic heterocycles. The monoisotopic (exact) mass is 273 g/mol. The zero-order chi connectivity index (χ0) is 14.5. The molecule has 6 heteroatoms. The average Bonchev–Trinajstić information content (AvgIpc) is 2.47. The minimum absolute atomic E-state index is 0.00812. The predicted octanol–water partition coefficient (Wildman–Crippen LogP) is 3.10. The van der Waals surface area contributed by atoms with E-state index in [0.29, 0.717) is 23.8 Å². The number of anilines is 1. The molecular weight excluding hydrogens is 258 g/mol. The van der Waals surface area contributed by atoms with Gasteiger partial charge in [0.1, 0.15) is 11.6 Å². The molecule has 0 fully saturated rings. The van der Waals surface area contributed by atoms with Crippen LogP contribution in [0.5, 0.6) is 5.75 Å². The van der Waals surface area contributed by atoms with Gasteiger partial charge in [-0.2, -0.15) is 0 Å². The molecule has 0 atom stereocenters. The first-order valence-corrected chi connectivity index (χ1v) is 6.19. The van der Waals surface area contributed by atoms with Gasteiger partial charge in [-0.1, -0.05) is 12.1 Å². The summed E-state index contributed by atoms with van der Waals surface area (Å²) in [4.78, 5) is 14.9. The molecule has 1 heterocycles. The number of hydrogen-bond donors (Lipinski definition) is 1. The second-order valence-corrected chi connectivity index (χ2v) is 4.12. The molecule has 2 rings (SSSR count). The Morgan fingerprint density at radius 2 is 2.15 bits per heavy atom. The van der Waals surface area contributed by atoms with E-state index in [-0.39, 0.29) is 5.69 Å². The Morgan fingerprint density at radius 1 is 1.35 bits per heavy atom. The van der Waals surface area contributed by atoms with Crippen molar-refractivity contribution in [1.82, 2.24) is 4.98 Å². The smallest absolute Gasteiger partial charge is 0.275 e. The zero-order valence-corrected chi connectivity index (χ0v) is 11.3. The first-order valence-electron chi connectivity index (χ1n) is 6.19. The highest BCUT2D eigenvalue weighted by Crippen LogP contribution is 2.27. The largest absolute Gasteiger partial charge is 0.497 e. The van der Waals surface area contributed by atoms with E-state index in [2.05, 4.69) is 10.3 Å². The lowest BCUT2D eigenvalue weighted by atomic mass is 10.1. The molecule has 6 nitrogen and oxygen atoms in total. The molecule has 0 unspecified atom stereocenters. The summed E-state index contributed by atoms with van der Waals surface area (Å²) in [6.07, 6.45) is 0. The van der Waals surface area contributed by atoms with Gasteiger partial charge < -0.3 is 10.1 Å². The molecule has 0 aliphatic rings. The van der Waals surface area contributed by atoms with E-state index in [9.17, 15) is 10.1 Å². The zero-order valence-electron chi connectivity index (χ0n) is 11.3. The van der Waals surface area contributed by atoms with Crippen LogP contribution in [0.25, 0.3) is 11.3 Å². The lowest BCUT2D eigenvalue weighted by molar-refractivity contribution is -0.384. The Hall–Kier alpha value is -2.63. The van der Waals surface area contributed by atoms with Gasteiger partial charge in [0.15, 0.2) is 0 Å². The summed E-state index contributed by atoms with van der Waals surface area (Å²) >= 11 is 0. The molecule has 1 N–H and O–H groups in total. The summed E-state index contributed by atoms with van der Waals surface area (Å²) in [5.41, 5.74) is 1.31. The fourth-order valence-corrected chi connectivity index (χ4v) is 1.82. The van der Waals surface area contributed by atoms with Gasteiger partial charge in [-0.05, 0) is 19.1 Å². The quantitative estimate of drug-likeness (QED) is 0.669. The minimum atomic E-state index is -0.424. The maximum Gasteiger partial charge on any atom is 0.275 e. The molecule has 0 aliphatic carbocycles. The van der Waals surface area contributed by atoms with Crippen molar-refractivity contribution in [1.29, 1.82) is 0 Å². The SMILES string of the molecule is CCNc1cc([N+](=O)[O-])cc(-c2cccc(OC)c2)n1. The van der Waals surface area contributed by atoms with E-state index in [0.717, 1.165) is 5.56 Å². The molecule has 0 bridgehead atoms. The van der Waals surface area contributed by atoms with Crippen LogP contribution in [0.2, 0.25) is 0 Å². The Balaban J connectivity index is 2.51. The Morgan fingerprint density at radius 3 is 2.80 bits per heavy atom. The van der Waals surface area contributed by atoms with Crippen LogP contribution in [0.1, 0.15) is 6.92 Å². The number of ether oxygens (including phenoxy) is 1. The molecule has 2 aromatic rings. The van der Waals surface area contributed by atoms with Crippen molar-refractivity contribution in [2.24, 2.45) is 0 Å². The molecule has 0 saturated carbocycles. The van der Waals surface area contributed by atoms with Crippen LogP contribution in [0.4, 0.5) is 11.5 Å². The van der Waals surface area contributed by atoms with Crippen LogP contribution in [-0.4, -0.2) is 23.6 Å². The van der Waals surface area contributed by atoms with Crippen molar-refractivity contribution in [3.63, 3.8) is 0 Å². The van der Waals surface area contributed by atoms with Crippen molar-refractivity contribution in [3.8, 4) is 17.0 Å². The van der Waals surface area contributed by atoms with Crippen molar-refractivity contribution < 1.29 is 9.66 Å². The predicted molar refractivity (Wildman–Crippen MR) is 77.0 cm³/mol. The van der Waals surface area contributed by atoms with Gasteiger partial charge in [0.2, 0.25) is 0 Å². The van der Waals surface area contributed by atoms with Gasteiger partial charge in [-0.3, -0.25) is 10.1 Å². The standard InChI is InChI=1S/C14H15N3O3/c1-3-15-14-9-11(17(18)19)8-13(16-14)10-5-4-6-12(7-10)20-2/h4-9H,3H2,1-2H3,(H,15,16). The third-order valence-corrected chi connectivity index (χ3v) is 2.74. The fraction of sp³-hybridized carbons (Fsp3) is 0.214. The number of nitrogens with one attached hydrogen (secondary N) is 1. The molecule has 0 spiro atoms. The minimum Gasteiger partial charge on any atom is -0.497 e. The maximum absolute atomic E-state index is 11.0. The summed E-state index contributed by atoms with van der Waals surface area (Å²) in [7, 11) is 1.57. The molecule has 0 aliphatic heterocycles. The van der Waals surface area contributed by atoms with Crippen molar-refractivity contribution in [2.45, 2.75) is 6.92 Å². The lowest BCUT2D eigenvalue weighted by Gasteiger charge is -2.07. The molecule has 1 aromatic carbocycles. The first-order chi connectivity index (χ1) is 9.63. The number of methoxy groups -OCH3 is 1. The van der Waals surface area contributed by atoms with E-state index in [4.69, 9.17) is 4.74 Å². The van der Waals surface area contributed by atoms with Crippen LogP contribution >= 0.6 is 0 Å². The third kappa shape index (κ3) is 3.03. The fourth-order valence-electron chi connectivity index (χ4n) is 1.82. The van der Waals surface area contributed by atoms with E-state index >= 15 is 0 Å². The molecule has 0 amide bonds.